The van der Waals surface area contributed by atoms with Gasteiger partial charge in [0.1, 0.15) is 0 Å². The van der Waals surface area contributed by atoms with E-state index in [1.165, 1.54) is 19.6 Å². The zero-order chi connectivity index (χ0) is 18.3. The Morgan fingerprint density at radius 3 is 1.19 bits per heavy atom. The minimum atomic E-state index is 1.14. The average molecular weight is 402 g/mol. The highest BCUT2D eigenvalue weighted by atomic mass is 32.2. The lowest BCUT2D eigenvalue weighted by Gasteiger charge is -2.09. The zero-order valence-corrected chi connectivity index (χ0v) is 17.0. The number of hydrogen-bond acceptors (Lipinski definition) is 3. The van der Waals surface area contributed by atoms with Gasteiger partial charge in [-0.2, -0.15) is 0 Å². The highest BCUT2D eigenvalue weighted by Crippen LogP contribution is 2.38. The molecule has 0 saturated carbocycles. The fourth-order valence-electron chi connectivity index (χ4n) is 2.52. The van der Waals surface area contributed by atoms with E-state index in [2.05, 4.69) is 97.1 Å². The molecule has 0 N–H and O–H groups in total. The van der Waals surface area contributed by atoms with Crippen LogP contribution in [0, 0.1) is 6.07 Å². The van der Waals surface area contributed by atoms with Crippen molar-refractivity contribution in [2.45, 2.75) is 29.4 Å². The molecule has 3 heteroatoms. The van der Waals surface area contributed by atoms with Crippen LogP contribution in [-0.2, 0) is 0 Å². The summed E-state index contributed by atoms with van der Waals surface area (Å²) in [5.74, 6) is 0. The molecule has 0 atom stereocenters. The van der Waals surface area contributed by atoms with Crippen LogP contribution in [0.1, 0.15) is 0 Å². The standard InChI is InChI=1S/C24H17S3/c1-4-10-19(11-5-1)25-22-16-23(26-20-12-6-2-7-13-20)18-24(17-22)27-21-14-8-3-9-15-21/h1-17H. The van der Waals surface area contributed by atoms with Crippen molar-refractivity contribution in [3.05, 3.63) is 109 Å². The van der Waals surface area contributed by atoms with Crippen LogP contribution in [-0.4, -0.2) is 0 Å². The van der Waals surface area contributed by atoms with Crippen molar-refractivity contribution >= 4 is 35.3 Å². The molecule has 0 unspecified atom stereocenters. The van der Waals surface area contributed by atoms with Crippen LogP contribution in [0.4, 0.5) is 0 Å². The second kappa shape index (κ2) is 9.23. The lowest BCUT2D eigenvalue weighted by Crippen LogP contribution is -1.82. The van der Waals surface area contributed by atoms with Gasteiger partial charge < -0.3 is 0 Å². The molecule has 0 nitrogen and oxygen atoms in total. The fraction of sp³-hybridized carbons (Fsp3) is 0. The molecule has 1 radical (unpaired) electrons. The van der Waals surface area contributed by atoms with Crippen molar-refractivity contribution in [2.75, 3.05) is 0 Å². The van der Waals surface area contributed by atoms with E-state index in [0.717, 1.165) is 9.79 Å². The SMILES string of the molecule is [c]1c(Sc2ccccc2)cc(Sc2ccccc2)cc1Sc1ccccc1. The Balaban J connectivity index is 1.64. The molecule has 4 aromatic rings. The summed E-state index contributed by atoms with van der Waals surface area (Å²) < 4.78 is 0. The first-order valence-corrected chi connectivity index (χ1v) is 11.1. The van der Waals surface area contributed by atoms with Gasteiger partial charge in [0.25, 0.3) is 0 Å². The molecule has 0 amide bonds. The summed E-state index contributed by atoms with van der Waals surface area (Å²) in [7, 11) is 0. The third-order valence-electron chi connectivity index (χ3n) is 3.71. The molecule has 27 heavy (non-hydrogen) atoms. The Kier molecular flexibility index (Phi) is 6.25. The van der Waals surface area contributed by atoms with E-state index in [9.17, 15) is 0 Å². The maximum Gasteiger partial charge on any atom is 0.0224 e. The molecule has 131 valence electrons. The molecule has 0 heterocycles. The van der Waals surface area contributed by atoms with E-state index in [1.54, 1.807) is 35.3 Å². The topological polar surface area (TPSA) is 0 Å². The van der Waals surface area contributed by atoms with Gasteiger partial charge in [-0.15, -0.1) is 0 Å². The van der Waals surface area contributed by atoms with Gasteiger partial charge in [0.05, 0.1) is 0 Å². The predicted molar refractivity (Wildman–Crippen MR) is 117 cm³/mol. The molecule has 0 bridgehead atoms. The van der Waals surface area contributed by atoms with Crippen molar-refractivity contribution in [2.24, 2.45) is 0 Å². The minimum Gasteiger partial charge on any atom is -0.0900 e. The lowest BCUT2D eigenvalue weighted by molar-refractivity contribution is 1.21. The quantitative estimate of drug-likeness (QED) is 0.322. The monoisotopic (exact) mass is 401 g/mol. The first kappa shape index (κ1) is 18.3. The summed E-state index contributed by atoms with van der Waals surface area (Å²) >= 11 is 5.30. The third-order valence-corrected chi connectivity index (χ3v) is 6.59. The molecule has 0 spiro atoms. The molecule has 4 aromatic carbocycles. The normalized spacial score (nSPS) is 10.7. The highest BCUT2D eigenvalue weighted by molar-refractivity contribution is 8.00. The molecular weight excluding hydrogens is 384 g/mol. The van der Waals surface area contributed by atoms with E-state index in [0.29, 0.717) is 0 Å². The van der Waals surface area contributed by atoms with Crippen LogP contribution in [0.5, 0.6) is 0 Å². The maximum atomic E-state index is 3.58. The van der Waals surface area contributed by atoms with Crippen molar-refractivity contribution in [1.29, 1.82) is 0 Å². The summed E-state index contributed by atoms with van der Waals surface area (Å²) in [6, 6.07) is 39.5. The molecule has 0 aliphatic carbocycles. The molecular formula is C24H17S3. The van der Waals surface area contributed by atoms with E-state index in [1.807, 2.05) is 12.1 Å². The summed E-state index contributed by atoms with van der Waals surface area (Å²) in [6.45, 7) is 0. The molecule has 0 saturated heterocycles. The zero-order valence-electron chi connectivity index (χ0n) is 14.5. The van der Waals surface area contributed by atoms with Crippen molar-refractivity contribution in [3.8, 4) is 0 Å². The number of benzene rings is 4. The third kappa shape index (κ3) is 5.46. The van der Waals surface area contributed by atoms with E-state index < -0.39 is 0 Å². The summed E-state index contributed by atoms with van der Waals surface area (Å²) in [5, 5.41) is 0. The second-order valence-electron chi connectivity index (χ2n) is 5.79. The average Bonchev–Trinajstić information content (AvgIpc) is 2.70. The minimum absolute atomic E-state index is 1.14. The molecule has 0 aliphatic heterocycles. The van der Waals surface area contributed by atoms with Crippen LogP contribution in [0.2, 0.25) is 0 Å². The Morgan fingerprint density at radius 2 is 0.778 bits per heavy atom. The predicted octanol–water partition coefficient (Wildman–Crippen LogP) is 7.94. The Hall–Kier alpha value is -2.07. The summed E-state index contributed by atoms with van der Waals surface area (Å²) in [6.07, 6.45) is 0. The highest BCUT2D eigenvalue weighted by Gasteiger charge is 2.07. The Labute approximate surface area is 173 Å². The van der Waals surface area contributed by atoms with E-state index in [4.69, 9.17) is 0 Å². The lowest BCUT2D eigenvalue weighted by atomic mass is 10.3. The van der Waals surface area contributed by atoms with Gasteiger partial charge >= 0.3 is 0 Å². The molecule has 0 aromatic heterocycles. The van der Waals surface area contributed by atoms with Gasteiger partial charge in [0.15, 0.2) is 0 Å². The number of rotatable bonds is 6. The van der Waals surface area contributed by atoms with E-state index in [-0.39, 0.29) is 0 Å². The van der Waals surface area contributed by atoms with Crippen LogP contribution in [0.3, 0.4) is 0 Å². The first-order valence-electron chi connectivity index (χ1n) is 8.61. The van der Waals surface area contributed by atoms with Crippen LogP contribution in [0.15, 0.2) is 133 Å². The largest absolute Gasteiger partial charge is 0.0900 e. The first-order chi connectivity index (χ1) is 13.3. The van der Waals surface area contributed by atoms with E-state index >= 15 is 0 Å². The van der Waals surface area contributed by atoms with Gasteiger partial charge in [0.2, 0.25) is 0 Å². The van der Waals surface area contributed by atoms with Crippen LogP contribution in [0.25, 0.3) is 0 Å². The van der Waals surface area contributed by atoms with Gasteiger partial charge in [-0.05, 0) is 48.5 Å². The maximum absolute atomic E-state index is 3.58. The Bertz CT molecular complexity index is 839. The molecule has 0 fully saturated rings. The van der Waals surface area contributed by atoms with Crippen LogP contribution >= 0.6 is 35.3 Å². The summed E-state index contributed by atoms with van der Waals surface area (Å²) in [4.78, 5) is 7.21. The Morgan fingerprint density at radius 1 is 0.407 bits per heavy atom. The summed E-state index contributed by atoms with van der Waals surface area (Å²) in [5.41, 5.74) is 0. The van der Waals surface area contributed by atoms with Crippen molar-refractivity contribution < 1.29 is 0 Å². The second-order valence-corrected chi connectivity index (χ2v) is 9.17. The van der Waals surface area contributed by atoms with Gasteiger partial charge in [0, 0.05) is 35.4 Å². The van der Waals surface area contributed by atoms with Gasteiger partial charge in [-0.3, -0.25) is 0 Å². The molecule has 4 rings (SSSR count). The smallest absolute Gasteiger partial charge is 0.0224 e. The van der Waals surface area contributed by atoms with Crippen LogP contribution < -0.4 is 0 Å². The van der Waals surface area contributed by atoms with Crippen molar-refractivity contribution in [1.82, 2.24) is 0 Å². The molecule has 0 aliphatic rings. The van der Waals surface area contributed by atoms with Crippen molar-refractivity contribution in [3.63, 3.8) is 0 Å². The fourth-order valence-corrected chi connectivity index (χ4v) is 5.44. The van der Waals surface area contributed by atoms with Gasteiger partial charge in [-0.25, -0.2) is 0 Å². The number of hydrogen-bond donors (Lipinski definition) is 0. The van der Waals surface area contributed by atoms with Gasteiger partial charge in [-0.1, -0.05) is 89.9 Å².